The molecule has 0 spiro atoms. The smallest absolute Gasteiger partial charge is 0.289 e. The van der Waals surface area contributed by atoms with Crippen molar-refractivity contribution in [3.05, 3.63) is 36.1 Å². The number of alkyl halides is 1. The van der Waals surface area contributed by atoms with Gasteiger partial charge in [0.1, 0.15) is 5.58 Å². The molecule has 0 saturated carbocycles. The third-order valence-corrected chi connectivity index (χ3v) is 5.08. The molecule has 1 aromatic carbocycles. The molecule has 0 radical (unpaired) electrons. The van der Waals surface area contributed by atoms with Crippen molar-refractivity contribution >= 4 is 32.8 Å². The molecule has 1 amide bonds. The molecule has 3 rings (SSSR count). The molecule has 2 atom stereocenters. The number of likely N-dealkylation sites (tertiary alicyclic amines) is 1. The van der Waals surface area contributed by atoms with Gasteiger partial charge in [0.05, 0.1) is 0 Å². The summed E-state index contributed by atoms with van der Waals surface area (Å²) in [6, 6.07) is 9.55. The van der Waals surface area contributed by atoms with Crippen molar-refractivity contribution in [1.29, 1.82) is 0 Å². The summed E-state index contributed by atoms with van der Waals surface area (Å²) >= 11 is 3.65. The van der Waals surface area contributed by atoms with E-state index in [2.05, 4.69) is 22.9 Å². The van der Waals surface area contributed by atoms with Gasteiger partial charge in [0.25, 0.3) is 5.91 Å². The number of nitrogens with zero attached hydrogens (tertiary/aromatic N) is 1. The summed E-state index contributed by atoms with van der Waals surface area (Å²) in [5.74, 6) is 0.922. The molecule has 4 heteroatoms. The zero-order chi connectivity index (χ0) is 13.4. The Kier molecular flexibility index (Phi) is 3.35. The number of hydrogen-bond acceptors (Lipinski definition) is 2. The Bertz CT molecular complexity index is 574. The van der Waals surface area contributed by atoms with Gasteiger partial charge in [0.15, 0.2) is 5.76 Å². The lowest BCUT2D eigenvalue weighted by Crippen LogP contribution is -2.43. The van der Waals surface area contributed by atoms with Crippen LogP contribution in [0.1, 0.15) is 23.9 Å². The summed E-state index contributed by atoms with van der Waals surface area (Å²) in [6.45, 7) is 3.74. The summed E-state index contributed by atoms with van der Waals surface area (Å²) in [5.41, 5.74) is 0.772. The number of rotatable bonds is 1. The third kappa shape index (κ3) is 2.41. The summed E-state index contributed by atoms with van der Waals surface area (Å²) in [4.78, 5) is 14.8. The van der Waals surface area contributed by atoms with Crippen LogP contribution in [0.3, 0.4) is 0 Å². The lowest BCUT2D eigenvalue weighted by atomic mass is 10.00. The number of amides is 1. The van der Waals surface area contributed by atoms with Crippen LogP contribution in [-0.2, 0) is 0 Å². The molecule has 0 bridgehead atoms. The van der Waals surface area contributed by atoms with Crippen LogP contribution in [-0.4, -0.2) is 28.7 Å². The molecule has 19 heavy (non-hydrogen) atoms. The Morgan fingerprint density at radius 2 is 2.21 bits per heavy atom. The average molecular weight is 322 g/mol. The summed E-state index contributed by atoms with van der Waals surface area (Å²) in [5, 5.41) is 0.981. The maximum absolute atomic E-state index is 12.4. The molecule has 1 aromatic heterocycles. The van der Waals surface area contributed by atoms with Crippen LogP contribution in [0.5, 0.6) is 0 Å². The summed E-state index contributed by atoms with van der Waals surface area (Å²) in [7, 11) is 0. The molecule has 2 heterocycles. The van der Waals surface area contributed by atoms with Crippen LogP contribution in [0.4, 0.5) is 0 Å². The number of para-hydroxylation sites is 1. The first kappa shape index (κ1) is 12.7. The molecule has 2 unspecified atom stereocenters. The van der Waals surface area contributed by atoms with E-state index in [0.29, 0.717) is 16.5 Å². The second-order valence-electron chi connectivity index (χ2n) is 5.18. The Labute approximate surface area is 120 Å². The van der Waals surface area contributed by atoms with Crippen LogP contribution >= 0.6 is 15.9 Å². The number of furan rings is 1. The van der Waals surface area contributed by atoms with Gasteiger partial charge in [-0.15, -0.1) is 0 Å². The van der Waals surface area contributed by atoms with E-state index in [0.717, 1.165) is 30.5 Å². The van der Waals surface area contributed by atoms with Gasteiger partial charge in [-0.2, -0.15) is 0 Å². The van der Waals surface area contributed by atoms with E-state index in [1.165, 1.54) is 0 Å². The van der Waals surface area contributed by atoms with Gasteiger partial charge < -0.3 is 9.32 Å². The standard InChI is InChI=1S/C15H16BrNO2/c1-10-9-17(7-6-12(10)16)15(18)14-8-11-4-2-3-5-13(11)19-14/h2-5,8,10,12H,6-7,9H2,1H3. The highest BCUT2D eigenvalue weighted by molar-refractivity contribution is 9.09. The monoisotopic (exact) mass is 321 g/mol. The molecule has 1 aliphatic heterocycles. The van der Waals surface area contributed by atoms with Crippen molar-refractivity contribution in [2.24, 2.45) is 5.92 Å². The van der Waals surface area contributed by atoms with Gasteiger partial charge in [0, 0.05) is 23.3 Å². The number of benzene rings is 1. The van der Waals surface area contributed by atoms with Crippen molar-refractivity contribution in [3.8, 4) is 0 Å². The Hall–Kier alpha value is -1.29. The first-order valence-electron chi connectivity index (χ1n) is 6.57. The molecule has 2 aromatic rings. The maximum atomic E-state index is 12.4. The second-order valence-corrected chi connectivity index (χ2v) is 6.36. The van der Waals surface area contributed by atoms with E-state index >= 15 is 0 Å². The number of carbonyl (C=O) groups excluding carboxylic acids is 1. The molecule has 100 valence electrons. The molecule has 0 N–H and O–H groups in total. The van der Waals surface area contributed by atoms with E-state index in [9.17, 15) is 4.79 Å². The number of halogens is 1. The van der Waals surface area contributed by atoms with Gasteiger partial charge in [-0.1, -0.05) is 41.1 Å². The molecular formula is C15H16BrNO2. The normalized spacial score (nSPS) is 23.8. The maximum Gasteiger partial charge on any atom is 0.289 e. The van der Waals surface area contributed by atoms with Crippen molar-refractivity contribution in [1.82, 2.24) is 4.90 Å². The molecule has 1 aliphatic rings. The molecule has 1 fully saturated rings. The highest BCUT2D eigenvalue weighted by atomic mass is 79.9. The van der Waals surface area contributed by atoms with Gasteiger partial charge in [0.2, 0.25) is 0 Å². The van der Waals surface area contributed by atoms with Gasteiger partial charge in [-0.05, 0) is 24.5 Å². The molecule has 3 nitrogen and oxygen atoms in total. The van der Waals surface area contributed by atoms with E-state index in [1.54, 1.807) is 0 Å². The zero-order valence-corrected chi connectivity index (χ0v) is 12.4. The first-order valence-corrected chi connectivity index (χ1v) is 7.48. The topological polar surface area (TPSA) is 33.5 Å². The zero-order valence-electron chi connectivity index (χ0n) is 10.8. The number of fused-ring (bicyclic) bond motifs is 1. The van der Waals surface area contributed by atoms with Gasteiger partial charge >= 0.3 is 0 Å². The average Bonchev–Trinajstić information content (AvgIpc) is 2.85. The van der Waals surface area contributed by atoms with Crippen LogP contribution < -0.4 is 0 Å². The molecular weight excluding hydrogens is 306 g/mol. The second kappa shape index (κ2) is 5.00. The predicted octanol–water partition coefficient (Wildman–Crippen LogP) is 3.68. The van der Waals surface area contributed by atoms with Crippen molar-refractivity contribution in [2.75, 3.05) is 13.1 Å². The Balaban J connectivity index is 1.83. The number of hydrogen-bond donors (Lipinski definition) is 0. The summed E-state index contributed by atoms with van der Waals surface area (Å²) < 4.78 is 5.64. The summed E-state index contributed by atoms with van der Waals surface area (Å²) in [6.07, 6.45) is 0.993. The first-order chi connectivity index (χ1) is 9.15. The van der Waals surface area contributed by atoms with Gasteiger partial charge in [-0.25, -0.2) is 0 Å². The highest BCUT2D eigenvalue weighted by Crippen LogP contribution is 2.26. The fraction of sp³-hybridized carbons (Fsp3) is 0.400. The van der Waals surface area contributed by atoms with Crippen molar-refractivity contribution in [3.63, 3.8) is 0 Å². The van der Waals surface area contributed by atoms with Crippen LogP contribution in [0.2, 0.25) is 0 Å². The van der Waals surface area contributed by atoms with Crippen LogP contribution in [0.15, 0.2) is 34.7 Å². The van der Waals surface area contributed by atoms with Gasteiger partial charge in [-0.3, -0.25) is 4.79 Å². The van der Waals surface area contributed by atoms with Crippen LogP contribution in [0.25, 0.3) is 11.0 Å². The Morgan fingerprint density at radius 1 is 1.42 bits per heavy atom. The minimum absolute atomic E-state index is 0.00227. The lowest BCUT2D eigenvalue weighted by molar-refractivity contribution is 0.0660. The van der Waals surface area contributed by atoms with Crippen LogP contribution in [0, 0.1) is 5.92 Å². The minimum Gasteiger partial charge on any atom is -0.451 e. The fourth-order valence-corrected chi connectivity index (χ4v) is 2.92. The van der Waals surface area contributed by atoms with Crippen molar-refractivity contribution in [2.45, 2.75) is 18.2 Å². The lowest BCUT2D eigenvalue weighted by Gasteiger charge is -2.33. The van der Waals surface area contributed by atoms with E-state index in [4.69, 9.17) is 4.42 Å². The Morgan fingerprint density at radius 3 is 2.95 bits per heavy atom. The quantitative estimate of drug-likeness (QED) is 0.751. The van der Waals surface area contributed by atoms with E-state index in [1.807, 2.05) is 35.2 Å². The van der Waals surface area contributed by atoms with E-state index < -0.39 is 0 Å². The fourth-order valence-electron chi connectivity index (χ4n) is 2.54. The minimum atomic E-state index is 0.00227. The third-order valence-electron chi connectivity index (χ3n) is 3.72. The molecule has 1 saturated heterocycles. The number of carbonyl (C=O) groups is 1. The van der Waals surface area contributed by atoms with Crippen molar-refractivity contribution < 1.29 is 9.21 Å². The molecule has 0 aliphatic carbocycles. The SMILES string of the molecule is CC1CN(C(=O)c2cc3ccccc3o2)CCC1Br. The highest BCUT2D eigenvalue weighted by Gasteiger charge is 2.28. The largest absolute Gasteiger partial charge is 0.451 e. The number of piperidine rings is 1. The van der Waals surface area contributed by atoms with E-state index in [-0.39, 0.29) is 5.91 Å². The predicted molar refractivity (Wildman–Crippen MR) is 78.6 cm³/mol.